The van der Waals surface area contributed by atoms with Crippen LogP contribution in [0.15, 0.2) is 30.3 Å². The maximum Gasteiger partial charge on any atom is 0.341 e. The third-order valence-corrected chi connectivity index (χ3v) is 4.77. The zero-order valence-electron chi connectivity index (χ0n) is 14.5. The predicted octanol–water partition coefficient (Wildman–Crippen LogP) is 3.50. The van der Waals surface area contributed by atoms with Gasteiger partial charge in [0.25, 0.3) is 0 Å². The molecular formula is C18H20N2O5S. The number of aliphatic carboxylic acids is 1. The Morgan fingerprint density at radius 3 is 2.50 bits per heavy atom. The fourth-order valence-electron chi connectivity index (χ4n) is 2.35. The minimum Gasteiger partial charge on any atom is -0.481 e. The van der Waals surface area contributed by atoms with Crippen molar-refractivity contribution in [3.8, 4) is 10.4 Å². The second-order valence-electron chi connectivity index (χ2n) is 5.37. The van der Waals surface area contributed by atoms with E-state index in [-0.39, 0.29) is 19.6 Å². The highest BCUT2D eigenvalue weighted by molar-refractivity contribution is 7.20. The molecule has 3 N–H and O–H groups in total. The van der Waals surface area contributed by atoms with Gasteiger partial charge in [0, 0.05) is 11.4 Å². The number of rotatable bonds is 7. The summed E-state index contributed by atoms with van der Waals surface area (Å²) < 4.78 is 5.11. The zero-order valence-corrected chi connectivity index (χ0v) is 15.3. The van der Waals surface area contributed by atoms with Crippen molar-refractivity contribution in [1.82, 2.24) is 5.32 Å². The third-order valence-electron chi connectivity index (χ3n) is 3.51. The number of anilines is 1. The molecule has 0 fully saturated rings. The minimum atomic E-state index is -1.00. The van der Waals surface area contributed by atoms with Crippen molar-refractivity contribution >= 4 is 34.3 Å². The van der Waals surface area contributed by atoms with Gasteiger partial charge in [-0.3, -0.25) is 10.1 Å². The number of nitrogens with one attached hydrogen (secondary N) is 2. The Bertz CT molecular complexity index is 801. The number of carboxylic acid groups (broad SMARTS) is 1. The summed E-state index contributed by atoms with van der Waals surface area (Å²) in [5.74, 6) is -1.51. The average Bonchev–Trinajstić information content (AvgIpc) is 2.91. The highest BCUT2D eigenvalue weighted by atomic mass is 32.1. The van der Waals surface area contributed by atoms with Gasteiger partial charge < -0.3 is 15.2 Å². The van der Waals surface area contributed by atoms with E-state index in [4.69, 9.17) is 9.84 Å². The fourth-order valence-corrected chi connectivity index (χ4v) is 3.54. The number of thiophene rings is 1. The highest BCUT2D eigenvalue weighted by Gasteiger charge is 2.24. The molecule has 1 aromatic carbocycles. The summed E-state index contributed by atoms with van der Waals surface area (Å²) in [6.07, 6.45) is -0.184. The Morgan fingerprint density at radius 1 is 1.19 bits per heavy atom. The van der Waals surface area contributed by atoms with Crippen LogP contribution in [0.2, 0.25) is 0 Å². The molecule has 0 spiro atoms. The number of benzene rings is 1. The van der Waals surface area contributed by atoms with E-state index in [0.717, 1.165) is 16.0 Å². The largest absolute Gasteiger partial charge is 0.481 e. The van der Waals surface area contributed by atoms with Crippen LogP contribution in [-0.2, 0) is 9.53 Å². The molecule has 0 bridgehead atoms. The number of carbonyl (C=O) groups is 3. The van der Waals surface area contributed by atoms with E-state index < -0.39 is 18.0 Å². The van der Waals surface area contributed by atoms with Crippen molar-refractivity contribution in [2.45, 2.75) is 20.3 Å². The molecular weight excluding hydrogens is 356 g/mol. The monoisotopic (exact) mass is 376 g/mol. The number of hydrogen-bond donors (Lipinski definition) is 3. The maximum absolute atomic E-state index is 12.4. The van der Waals surface area contributed by atoms with E-state index in [1.165, 1.54) is 11.3 Å². The first-order valence-corrected chi connectivity index (χ1v) is 8.88. The Labute approximate surface area is 155 Å². The number of urea groups is 1. The van der Waals surface area contributed by atoms with E-state index in [2.05, 4.69) is 10.6 Å². The molecule has 138 valence electrons. The van der Waals surface area contributed by atoms with Crippen molar-refractivity contribution in [3.63, 3.8) is 0 Å². The first kappa shape index (κ1) is 19.5. The summed E-state index contributed by atoms with van der Waals surface area (Å²) in [5.41, 5.74) is 1.96. The van der Waals surface area contributed by atoms with E-state index >= 15 is 0 Å². The number of amides is 2. The van der Waals surface area contributed by atoms with Gasteiger partial charge in [-0.15, -0.1) is 11.3 Å². The van der Waals surface area contributed by atoms with Crippen molar-refractivity contribution in [1.29, 1.82) is 0 Å². The van der Waals surface area contributed by atoms with Gasteiger partial charge in [-0.1, -0.05) is 30.3 Å². The SMILES string of the molecule is CCOC(=O)c1c(NC(=O)NCCC(=O)O)sc(-c2ccccc2)c1C. The van der Waals surface area contributed by atoms with Crippen LogP contribution in [0.3, 0.4) is 0 Å². The highest BCUT2D eigenvalue weighted by Crippen LogP contribution is 2.40. The summed E-state index contributed by atoms with van der Waals surface area (Å²) in [5, 5.41) is 14.1. The number of carboxylic acids is 1. The molecule has 2 amide bonds. The average molecular weight is 376 g/mol. The lowest BCUT2D eigenvalue weighted by atomic mass is 10.1. The van der Waals surface area contributed by atoms with Gasteiger partial charge in [0.15, 0.2) is 0 Å². The summed E-state index contributed by atoms with van der Waals surface area (Å²) in [6, 6.07) is 8.95. The molecule has 0 aliphatic carbocycles. The molecule has 0 saturated heterocycles. The molecule has 0 atom stereocenters. The van der Waals surface area contributed by atoms with Gasteiger partial charge in [-0.25, -0.2) is 9.59 Å². The normalized spacial score (nSPS) is 10.2. The molecule has 26 heavy (non-hydrogen) atoms. The summed E-state index contributed by atoms with van der Waals surface area (Å²) >= 11 is 1.27. The van der Waals surface area contributed by atoms with Crippen LogP contribution in [0.5, 0.6) is 0 Å². The van der Waals surface area contributed by atoms with Gasteiger partial charge in [-0.05, 0) is 25.0 Å². The third kappa shape index (κ3) is 4.82. The molecule has 0 radical (unpaired) electrons. The number of esters is 1. The van der Waals surface area contributed by atoms with Crippen molar-refractivity contribution in [2.24, 2.45) is 0 Å². The number of carbonyl (C=O) groups excluding carboxylic acids is 2. The minimum absolute atomic E-state index is 0.00813. The maximum atomic E-state index is 12.4. The Kier molecular flexibility index (Phi) is 6.74. The van der Waals surface area contributed by atoms with Crippen molar-refractivity contribution < 1.29 is 24.2 Å². The first-order valence-electron chi connectivity index (χ1n) is 8.06. The van der Waals surface area contributed by atoms with Gasteiger partial charge >= 0.3 is 18.0 Å². The first-order chi connectivity index (χ1) is 12.4. The van der Waals surface area contributed by atoms with Crippen LogP contribution in [0.25, 0.3) is 10.4 Å². The molecule has 0 aliphatic rings. The van der Waals surface area contributed by atoms with E-state index in [0.29, 0.717) is 10.6 Å². The Balaban J connectivity index is 2.30. The van der Waals surface area contributed by atoms with Crippen LogP contribution in [0, 0.1) is 6.92 Å². The summed E-state index contributed by atoms with van der Waals surface area (Å²) in [7, 11) is 0. The van der Waals surface area contributed by atoms with Crippen molar-refractivity contribution in [3.05, 3.63) is 41.5 Å². The Hall–Kier alpha value is -2.87. The molecule has 0 aliphatic heterocycles. The van der Waals surface area contributed by atoms with Crippen LogP contribution in [-0.4, -0.2) is 36.2 Å². The molecule has 8 heteroatoms. The van der Waals surface area contributed by atoms with E-state index in [9.17, 15) is 14.4 Å². The predicted molar refractivity (Wildman–Crippen MR) is 99.7 cm³/mol. The summed E-state index contributed by atoms with van der Waals surface area (Å²) in [6.45, 7) is 3.73. The number of hydrogen-bond acceptors (Lipinski definition) is 5. The van der Waals surface area contributed by atoms with E-state index in [1.54, 1.807) is 13.8 Å². The molecule has 0 saturated carbocycles. The quantitative estimate of drug-likeness (QED) is 0.642. The Morgan fingerprint density at radius 2 is 1.88 bits per heavy atom. The van der Waals surface area contributed by atoms with Crippen LogP contribution < -0.4 is 10.6 Å². The number of ether oxygens (including phenoxy) is 1. The van der Waals surface area contributed by atoms with Crippen LogP contribution in [0.4, 0.5) is 9.80 Å². The lowest BCUT2D eigenvalue weighted by Gasteiger charge is -2.08. The molecule has 2 aromatic rings. The molecule has 0 unspecified atom stereocenters. The van der Waals surface area contributed by atoms with Crippen LogP contribution >= 0.6 is 11.3 Å². The second-order valence-corrected chi connectivity index (χ2v) is 6.39. The van der Waals surface area contributed by atoms with E-state index in [1.807, 2.05) is 30.3 Å². The lowest BCUT2D eigenvalue weighted by Crippen LogP contribution is -2.30. The smallest absolute Gasteiger partial charge is 0.341 e. The topological polar surface area (TPSA) is 105 Å². The lowest BCUT2D eigenvalue weighted by molar-refractivity contribution is -0.136. The molecule has 1 aromatic heterocycles. The summed E-state index contributed by atoms with van der Waals surface area (Å²) in [4.78, 5) is 35.8. The van der Waals surface area contributed by atoms with Crippen LogP contribution in [0.1, 0.15) is 29.3 Å². The standard InChI is InChI=1S/C18H20N2O5S/c1-3-25-17(23)14-11(2)15(12-7-5-4-6-8-12)26-16(14)20-18(24)19-10-9-13(21)22/h4-8H,3,9-10H2,1-2H3,(H,21,22)(H2,19,20,24). The fraction of sp³-hybridized carbons (Fsp3) is 0.278. The second kappa shape index (κ2) is 9.00. The van der Waals surface area contributed by atoms with Gasteiger partial charge in [0.05, 0.1) is 18.6 Å². The van der Waals surface area contributed by atoms with Gasteiger partial charge in [-0.2, -0.15) is 0 Å². The van der Waals surface area contributed by atoms with Gasteiger partial charge in [0.1, 0.15) is 5.00 Å². The molecule has 7 nitrogen and oxygen atoms in total. The molecule has 1 heterocycles. The zero-order chi connectivity index (χ0) is 19.1. The molecule has 2 rings (SSSR count). The van der Waals surface area contributed by atoms with Crippen molar-refractivity contribution in [2.75, 3.05) is 18.5 Å². The van der Waals surface area contributed by atoms with Gasteiger partial charge in [0.2, 0.25) is 0 Å².